The van der Waals surface area contributed by atoms with Gasteiger partial charge >= 0.3 is 5.97 Å². The van der Waals surface area contributed by atoms with E-state index < -0.39 is 23.5 Å². The summed E-state index contributed by atoms with van der Waals surface area (Å²) in [4.78, 5) is 18.0. The quantitative estimate of drug-likeness (QED) is 0.295. The monoisotopic (exact) mass is 517 g/mol. The fourth-order valence-corrected chi connectivity index (χ4v) is 5.05. The molecule has 5 rings (SSSR count). The first-order valence-corrected chi connectivity index (χ1v) is 12.8. The van der Waals surface area contributed by atoms with E-state index in [0.717, 1.165) is 23.1 Å². The van der Waals surface area contributed by atoms with Crippen molar-refractivity contribution in [2.24, 2.45) is 0 Å². The van der Waals surface area contributed by atoms with E-state index in [1.165, 1.54) is 13.2 Å². The van der Waals surface area contributed by atoms with Crippen molar-refractivity contribution in [3.63, 3.8) is 0 Å². The van der Waals surface area contributed by atoms with Gasteiger partial charge in [0.05, 0.1) is 30.7 Å². The highest BCUT2D eigenvalue weighted by molar-refractivity contribution is 5.83. The summed E-state index contributed by atoms with van der Waals surface area (Å²) in [6.45, 7) is 9.86. The molecule has 0 saturated heterocycles. The van der Waals surface area contributed by atoms with Gasteiger partial charge in [0.15, 0.2) is 23.3 Å². The van der Waals surface area contributed by atoms with Crippen molar-refractivity contribution in [3.05, 3.63) is 70.7 Å². The van der Waals surface area contributed by atoms with E-state index in [2.05, 4.69) is 0 Å². The molecule has 1 aliphatic rings. The molecule has 0 spiro atoms. The number of aromatic nitrogens is 3. The SMILES string of the molecule is COC(=O)[C@H](OC(C)(C)C)c1c(C)nc2cc(-c3ccccc3)nn2c1-c1cc(F)c2c(c1C)CCCO2. The van der Waals surface area contributed by atoms with Gasteiger partial charge in [-0.25, -0.2) is 18.7 Å². The molecule has 2 aromatic carbocycles. The normalized spacial score (nSPS) is 14.2. The molecule has 1 atom stereocenters. The summed E-state index contributed by atoms with van der Waals surface area (Å²) in [6.07, 6.45) is 0.388. The second kappa shape index (κ2) is 9.83. The molecule has 0 N–H and O–H groups in total. The van der Waals surface area contributed by atoms with Crippen LogP contribution in [0.4, 0.5) is 4.39 Å². The molecule has 0 unspecified atom stereocenters. The van der Waals surface area contributed by atoms with Crippen LogP contribution >= 0.6 is 0 Å². The average molecular weight is 518 g/mol. The molecule has 0 radical (unpaired) electrons. The summed E-state index contributed by atoms with van der Waals surface area (Å²) in [7, 11) is 1.32. The summed E-state index contributed by atoms with van der Waals surface area (Å²) in [5, 5.41) is 4.90. The van der Waals surface area contributed by atoms with Crippen LogP contribution in [0.15, 0.2) is 42.5 Å². The fraction of sp³-hybridized carbons (Fsp3) is 0.367. The molecule has 0 saturated carbocycles. The lowest BCUT2D eigenvalue weighted by molar-refractivity contribution is -0.164. The number of fused-ring (bicyclic) bond motifs is 2. The maximum Gasteiger partial charge on any atom is 0.339 e. The third kappa shape index (κ3) is 4.65. The molecule has 198 valence electrons. The van der Waals surface area contributed by atoms with Crippen molar-refractivity contribution in [1.82, 2.24) is 14.6 Å². The lowest BCUT2D eigenvalue weighted by atomic mass is 9.91. The van der Waals surface area contributed by atoms with Gasteiger partial charge in [-0.1, -0.05) is 30.3 Å². The molecule has 7 nitrogen and oxygen atoms in total. The van der Waals surface area contributed by atoms with E-state index >= 15 is 4.39 Å². The topological polar surface area (TPSA) is 75.0 Å². The van der Waals surface area contributed by atoms with Crippen LogP contribution in [0.5, 0.6) is 5.75 Å². The van der Waals surface area contributed by atoms with E-state index in [9.17, 15) is 4.79 Å². The van der Waals surface area contributed by atoms with Gasteiger partial charge in [0.2, 0.25) is 0 Å². The van der Waals surface area contributed by atoms with Crippen LogP contribution < -0.4 is 4.74 Å². The zero-order chi connectivity index (χ0) is 27.2. The van der Waals surface area contributed by atoms with Gasteiger partial charge < -0.3 is 14.2 Å². The molecule has 0 bridgehead atoms. The Morgan fingerprint density at radius 2 is 1.89 bits per heavy atom. The van der Waals surface area contributed by atoms with E-state index in [-0.39, 0.29) is 0 Å². The molecule has 0 fully saturated rings. The predicted octanol–water partition coefficient (Wildman–Crippen LogP) is 6.17. The van der Waals surface area contributed by atoms with Gasteiger partial charge in [0, 0.05) is 34.0 Å². The summed E-state index contributed by atoms with van der Waals surface area (Å²) >= 11 is 0. The van der Waals surface area contributed by atoms with Gasteiger partial charge in [0.1, 0.15) is 0 Å². The molecule has 4 aromatic rings. The standard InChI is InChI=1S/C30H32FN3O4/c1-17-20-13-10-14-37-27(20)22(31)15-21(17)26-25(28(29(35)36-6)38-30(3,4)5)18(2)32-24-16-23(33-34(24)26)19-11-8-7-9-12-19/h7-9,11-12,15-16,28H,10,13-14H2,1-6H3/t28-/m1/s1. The number of nitrogens with zero attached hydrogens (tertiary/aromatic N) is 3. The second-order valence-electron chi connectivity index (χ2n) is 10.5. The van der Waals surface area contributed by atoms with Crippen LogP contribution in [0.2, 0.25) is 0 Å². The summed E-state index contributed by atoms with van der Waals surface area (Å²) < 4.78 is 34.3. The highest BCUT2D eigenvalue weighted by Gasteiger charge is 2.35. The Balaban J connectivity index is 1.87. The Hall–Kier alpha value is -3.78. The van der Waals surface area contributed by atoms with E-state index in [1.807, 2.05) is 71.0 Å². The number of esters is 1. The molecular formula is C30H32FN3O4. The van der Waals surface area contributed by atoms with Crippen LogP contribution in [0.25, 0.3) is 28.2 Å². The number of rotatable bonds is 5. The van der Waals surface area contributed by atoms with Crippen LogP contribution in [-0.4, -0.2) is 39.9 Å². The van der Waals surface area contributed by atoms with Crippen LogP contribution in [-0.2, 0) is 20.7 Å². The first kappa shape index (κ1) is 25.9. The maximum absolute atomic E-state index is 15.5. The average Bonchev–Trinajstić information content (AvgIpc) is 3.32. The lowest BCUT2D eigenvalue weighted by Gasteiger charge is -2.29. The molecule has 0 amide bonds. The maximum atomic E-state index is 15.5. The number of benzene rings is 2. The Kier molecular flexibility index (Phi) is 6.69. The fourth-order valence-electron chi connectivity index (χ4n) is 5.05. The van der Waals surface area contributed by atoms with Crippen molar-refractivity contribution in [1.29, 1.82) is 0 Å². The lowest BCUT2D eigenvalue weighted by Crippen LogP contribution is -2.30. The highest BCUT2D eigenvalue weighted by atomic mass is 19.1. The molecule has 0 aliphatic carbocycles. The van der Waals surface area contributed by atoms with E-state index in [4.69, 9.17) is 24.3 Å². The van der Waals surface area contributed by atoms with Crippen LogP contribution in [0.1, 0.15) is 55.7 Å². The first-order valence-electron chi connectivity index (χ1n) is 12.8. The zero-order valence-electron chi connectivity index (χ0n) is 22.6. The van der Waals surface area contributed by atoms with Crippen LogP contribution in [0.3, 0.4) is 0 Å². The summed E-state index contributed by atoms with van der Waals surface area (Å²) in [5.74, 6) is -0.724. The number of halogens is 1. The second-order valence-corrected chi connectivity index (χ2v) is 10.5. The molecule has 38 heavy (non-hydrogen) atoms. The Bertz CT molecular complexity index is 1520. The third-order valence-corrected chi connectivity index (χ3v) is 6.74. The number of ether oxygens (including phenoxy) is 3. The van der Waals surface area contributed by atoms with E-state index in [0.29, 0.717) is 52.6 Å². The predicted molar refractivity (Wildman–Crippen MR) is 143 cm³/mol. The molecular weight excluding hydrogens is 485 g/mol. The van der Waals surface area contributed by atoms with Gasteiger partial charge in [-0.2, -0.15) is 5.10 Å². The molecule has 3 heterocycles. The Labute approximate surface area is 221 Å². The minimum absolute atomic E-state index is 0.293. The number of methoxy groups -OCH3 is 1. The molecule has 8 heteroatoms. The summed E-state index contributed by atoms with van der Waals surface area (Å²) in [5.41, 5.74) is 5.41. The molecule has 2 aromatic heterocycles. The molecule has 1 aliphatic heterocycles. The third-order valence-electron chi connectivity index (χ3n) is 6.74. The van der Waals surface area contributed by atoms with Gasteiger partial charge in [0.25, 0.3) is 0 Å². The van der Waals surface area contributed by atoms with Crippen molar-refractivity contribution in [2.45, 2.75) is 59.2 Å². The first-order chi connectivity index (χ1) is 18.1. The largest absolute Gasteiger partial charge is 0.490 e. The summed E-state index contributed by atoms with van der Waals surface area (Å²) in [6, 6.07) is 13.1. The van der Waals surface area contributed by atoms with Gasteiger partial charge in [-0.15, -0.1) is 0 Å². The van der Waals surface area contributed by atoms with Crippen molar-refractivity contribution in [3.8, 4) is 28.3 Å². The highest BCUT2D eigenvalue weighted by Crippen LogP contribution is 2.42. The van der Waals surface area contributed by atoms with Crippen molar-refractivity contribution in [2.75, 3.05) is 13.7 Å². The number of hydrogen-bond donors (Lipinski definition) is 0. The minimum Gasteiger partial charge on any atom is -0.490 e. The Morgan fingerprint density at radius 1 is 1.16 bits per heavy atom. The zero-order valence-corrected chi connectivity index (χ0v) is 22.6. The van der Waals surface area contributed by atoms with Gasteiger partial charge in [-0.3, -0.25) is 0 Å². The van der Waals surface area contributed by atoms with Crippen molar-refractivity contribution < 1.29 is 23.4 Å². The number of carbonyl (C=O) groups is 1. The van der Waals surface area contributed by atoms with E-state index in [1.54, 1.807) is 4.52 Å². The smallest absolute Gasteiger partial charge is 0.339 e. The Morgan fingerprint density at radius 3 is 2.58 bits per heavy atom. The minimum atomic E-state index is -1.11. The number of aryl methyl sites for hydroxylation is 1. The number of hydrogen-bond acceptors (Lipinski definition) is 6. The van der Waals surface area contributed by atoms with Crippen LogP contribution in [0, 0.1) is 19.7 Å². The van der Waals surface area contributed by atoms with Crippen molar-refractivity contribution >= 4 is 11.6 Å². The number of carbonyl (C=O) groups excluding carboxylic acids is 1. The van der Waals surface area contributed by atoms with Gasteiger partial charge in [-0.05, 0) is 59.1 Å².